The Morgan fingerprint density at radius 2 is 1.83 bits per heavy atom. The second kappa shape index (κ2) is 10.7. The first-order valence-electron chi connectivity index (χ1n) is 12.2. The van der Waals surface area contributed by atoms with E-state index in [0.29, 0.717) is 17.9 Å². The van der Waals surface area contributed by atoms with Gasteiger partial charge in [0.15, 0.2) is 0 Å². The van der Waals surface area contributed by atoms with Crippen molar-refractivity contribution in [2.45, 2.75) is 31.8 Å². The lowest BCUT2D eigenvalue weighted by molar-refractivity contribution is 0.0588. The van der Waals surface area contributed by atoms with Gasteiger partial charge in [-0.3, -0.25) is 14.7 Å². The van der Waals surface area contributed by atoms with Gasteiger partial charge in [0.2, 0.25) is 0 Å². The minimum atomic E-state index is -0.198. The maximum Gasteiger partial charge on any atom is 0.263 e. The van der Waals surface area contributed by atoms with Crippen LogP contribution in [0.15, 0.2) is 78.3 Å². The molecule has 180 valence electrons. The van der Waals surface area contributed by atoms with E-state index < -0.39 is 0 Å². The summed E-state index contributed by atoms with van der Waals surface area (Å²) in [6.07, 6.45) is 4.37. The number of likely N-dealkylation sites (N-methyl/N-ethyl adjacent to an activating group) is 1. The van der Waals surface area contributed by atoms with Crippen LogP contribution in [0.1, 0.15) is 33.6 Å². The van der Waals surface area contributed by atoms with E-state index in [1.165, 1.54) is 28.4 Å². The van der Waals surface area contributed by atoms with Crippen LogP contribution >= 0.6 is 11.3 Å². The van der Waals surface area contributed by atoms with Crippen molar-refractivity contribution >= 4 is 28.1 Å². The van der Waals surface area contributed by atoms with Crippen molar-refractivity contribution in [2.75, 3.05) is 20.1 Å². The molecule has 1 aliphatic heterocycles. The molecule has 2 aromatic heterocycles. The van der Waals surface area contributed by atoms with Gasteiger partial charge in [0, 0.05) is 31.2 Å². The number of hydrogen-bond acceptors (Lipinski definition) is 4. The Morgan fingerprint density at radius 3 is 2.60 bits per heavy atom. The van der Waals surface area contributed by atoms with Crippen LogP contribution in [0.2, 0.25) is 0 Å². The zero-order chi connectivity index (χ0) is 24.2. The number of fused-ring (bicyclic) bond motifs is 1. The number of carbonyl (C=O) groups is 1. The maximum atomic E-state index is 14.6. The van der Waals surface area contributed by atoms with Crippen molar-refractivity contribution in [2.24, 2.45) is 5.92 Å². The van der Waals surface area contributed by atoms with Crippen LogP contribution in [0.3, 0.4) is 0 Å². The average Bonchev–Trinajstić information content (AvgIpc) is 3.43. The molecule has 4 aromatic rings. The molecule has 0 saturated carbocycles. The molecule has 1 fully saturated rings. The fraction of sp³-hybridized carbons (Fsp3) is 0.310. The Labute approximate surface area is 210 Å². The minimum Gasteiger partial charge on any atom is -0.337 e. The van der Waals surface area contributed by atoms with Crippen LogP contribution < -0.4 is 0 Å². The molecule has 0 bridgehead atoms. The molecular formula is C29H30FN3OS. The highest BCUT2D eigenvalue weighted by Crippen LogP contribution is 2.30. The van der Waals surface area contributed by atoms with Crippen LogP contribution in [-0.2, 0) is 13.0 Å². The molecule has 1 atom stereocenters. The third kappa shape index (κ3) is 5.29. The van der Waals surface area contributed by atoms with Crippen molar-refractivity contribution in [1.29, 1.82) is 0 Å². The van der Waals surface area contributed by atoms with Crippen LogP contribution in [0.25, 0.3) is 10.9 Å². The van der Waals surface area contributed by atoms with E-state index in [4.69, 9.17) is 0 Å². The van der Waals surface area contributed by atoms with E-state index in [9.17, 15) is 9.18 Å². The number of piperidine rings is 1. The van der Waals surface area contributed by atoms with Gasteiger partial charge >= 0.3 is 0 Å². The minimum absolute atomic E-state index is 0.0204. The lowest BCUT2D eigenvalue weighted by atomic mass is 9.84. The van der Waals surface area contributed by atoms with Gasteiger partial charge in [-0.15, -0.1) is 11.3 Å². The highest BCUT2D eigenvalue weighted by Gasteiger charge is 2.32. The zero-order valence-electron chi connectivity index (χ0n) is 19.9. The third-order valence-corrected chi connectivity index (χ3v) is 8.10. The molecule has 5 rings (SSSR count). The topological polar surface area (TPSA) is 36.4 Å². The molecule has 0 spiro atoms. The van der Waals surface area contributed by atoms with Gasteiger partial charge in [0.25, 0.3) is 5.91 Å². The highest BCUT2D eigenvalue weighted by molar-refractivity contribution is 7.12. The first-order chi connectivity index (χ1) is 17.1. The lowest BCUT2D eigenvalue weighted by Crippen LogP contribution is -2.47. The Hall–Kier alpha value is -3.09. The van der Waals surface area contributed by atoms with Gasteiger partial charge < -0.3 is 4.90 Å². The highest BCUT2D eigenvalue weighted by atomic mass is 32.1. The number of aromatic nitrogens is 1. The van der Waals surface area contributed by atoms with E-state index in [0.717, 1.165) is 42.9 Å². The molecule has 3 heterocycles. The largest absolute Gasteiger partial charge is 0.337 e. The van der Waals surface area contributed by atoms with Gasteiger partial charge in [0.1, 0.15) is 5.82 Å². The Bertz CT molecular complexity index is 1280. The summed E-state index contributed by atoms with van der Waals surface area (Å²) in [6.45, 7) is 2.80. The predicted octanol–water partition coefficient (Wildman–Crippen LogP) is 6.03. The molecule has 1 unspecified atom stereocenters. The number of halogens is 1. The Balaban J connectivity index is 1.31. The summed E-state index contributed by atoms with van der Waals surface area (Å²) in [5.41, 5.74) is 2.99. The van der Waals surface area contributed by atoms with Crippen molar-refractivity contribution in [3.05, 3.63) is 100 Å². The molecule has 0 radical (unpaired) electrons. The molecule has 35 heavy (non-hydrogen) atoms. The number of rotatable bonds is 7. The zero-order valence-corrected chi connectivity index (χ0v) is 20.8. The van der Waals surface area contributed by atoms with E-state index in [-0.39, 0.29) is 17.8 Å². The number of amides is 1. The van der Waals surface area contributed by atoms with Crippen molar-refractivity contribution < 1.29 is 9.18 Å². The van der Waals surface area contributed by atoms with Gasteiger partial charge in [-0.2, -0.15) is 0 Å². The van der Waals surface area contributed by atoms with E-state index in [2.05, 4.69) is 34.1 Å². The fourth-order valence-electron chi connectivity index (χ4n) is 5.26. The van der Waals surface area contributed by atoms with Gasteiger partial charge in [-0.1, -0.05) is 42.5 Å². The van der Waals surface area contributed by atoms with Crippen LogP contribution in [0.4, 0.5) is 4.39 Å². The molecule has 6 heteroatoms. The number of nitrogens with zero attached hydrogens (tertiary/aromatic N) is 3. The Morgan fingerprint density at radius 1 is 1.06 bits per heavy atom. The van der Waals surface area contributed by atoms with Gasteiger partial charge in [-0.25, -0.2) is 4.39 Å². The molecule has 4 nitrogen and oxygen atoms in total. The summed E-state index contributed by atoms with van der Waals surface area (Å²) in [7, 11) is 1.88. The van der Waals surface area contributed by atoms with E-state index in [1.54, 1.807) is 6.07 Å². The first kappa shape index (κ1) is 23.6. The smallest absolute Gasteiger partial charge is 0.263 e. The SMILES string of the molecule is CN(C(=O)c1cccs1)C(Cc1ccccc1F)C1CCN(Cc2ccnc3ccccc23)CC1. The number of thiophene rings is 1. The quantitative estimate of drug-likeness (QED) is 0.319. The van der Waals surface area contributed by atoms with E-state index >= 15 is 0 Å². The third-order valence-electron chi connectivity index (χ3n) is 7.25. The summed E-state index contributed by atoms with van der Waals surface area (Å²) in [4.78, 5) is 22.8. The lowest BCUT2D eigenvalue weighted by Gasteiger charge is -2.40. The summed E-state index contributed by atoms with van der Waals surface area (Å²) >= 11 is 1.46. The summed E-state index contributed by atoms with van der Waals surface area (Å²) in [6, 6.07) is 21.1. The number of benzene rings is 2. The fourth-order valence-corrected chi connectivity index (χ4v) is 5.97. The van der Waals surface area contributed by atoms with Gasteiger partial charge in [-0.05, 0) is 79.0 Å². The number of carbonyl (C=O) groups excluding carboxylic acids is 1. The number of pyridine rings is 1. The van der Waals surface area contributed by atoms with Crippen molar-refractivity contribution in [3.63, 3.8) is 0 Å². The van der Waals surface area contributed by atoms with Crippen molar-refractivity contribution in [1.82, 2.24) is 14.8 Å². The maximum absolute atomic E-state index is 14.6. The molecule has 0 aliphatic carbocycles. The standard InChI is InChI=1S/C29H30FN3OS/c1-32(29(34)28-11-6-18-35-28)27(19-22-7-2-4-9-25(22)30)21-13-16-33(17-14-21)20-23-12-15-31-26-10-5-3-8-24(23)26/h2-12,15,18,21,27H,13-14,16-17,19-20H2,1H3. The van der Waals surface area contributed by atoms with Crippen molar-refractivity contribution in [3.8, 4) is 0 Å². The molecule has 1 aliphatic rings. The molecular weight excluding hydrogens is 457 g/mol. The Kier molecular flexibility index (Phi) is 7.21. The number of hydrogen-bond donors (Lipinski definition) is 0. The average molecular weight is 488 g/mol. The second-order valence-electron chi connectivity index (χ2n) is 9.36. The molecule has 0 N–H and O–H groups in total. The molecule has 2 aromatic carbocycles. The summed E-state index contributed by atoms with van der Waals surface area (Å²) in [5.74, 6) is 0.137. The molecule has 1 amide bonds. The number of para-hydroxylation sites is 1. The predicted molar refractivity (Wildman–Crippen MR) is 140 cm³/mol. The van der Waals surface area contributed by atoms with Crippen LogP contribution in [0, 0.1) is 11.7 Å². The van der Waals surface area contributed by atoms with Crippen LogP contribution in [-0.4, -0.2) is 46.9 Å². The molecule has 1 saturated heterocycles. The summed E-state index contributed by atoms with van der Waals surface area (Å²) < 4.78 is 14.6. The summed E-state index contributed by atoms with van der Waals surface area (Å²) in [5, 5.41) is 3.13. The van der Waals surface area contributed by atoms with Crippen LogP contribution in [0.5, 0.6) is 0 Å². The van der Waals surface area contributed by atoms with E-state index in [1.807, 2.05) is 53.9 Å². The number of likely N-dealkylation sites (tertiary alicyclic amines) is 1. The second-order valence-corrected chi connectivity index (χ2v) is 10.3. The van der Waals surface area contributed by atoms with Gasteiger partial charge in [0.05, 0.1) is 10.4 Å². The first-order valence-corrected chi connectivity index (χ1v) is 13.1. The normalized spacial score (nSPS) is 15.8. The monoisotopic (exact) mass is 487 g/mol.